The number of benzene rings is 1. The zero-order valence-electron chi connectivity index (χ0n) is 21.2. The largest absolute Gasteiger partial charge is 0.416 e. The van der Waals surface area contributed by atoms with Crippen molar-refractivity contribution in [1.29, 1.82) is 0 Å². The number of aromatic nitrogens is 6. The van der Waals surface area contributed by atoms with Crippen molar-refractivity contribution in [2.45, 2.75) is 64.6 Å². The smallest absolute Gasteiger partial charge is 0.309 e. The van der Waals surface area contributed by atoms with E-state index in [2.05, 4.69) is 41.0 Å². The normalized spacial score (nSPS) is 17.6. The van der Waals surface area contributed by atoms with Crippen LogP contribution in [0.1, 0.15) is 73.1 Å². The van der Waals surface area contributed by atoms with E-state index in [-0.39, 0.29) is 23.8 Å². The summed E-state index contributed by atoms with van der Waals surface area (Å²) in [6, 6.07) is 7.22. The molecule has 0 radical (unpaired) electrons. The van der Waals surface area contributed by atoms with Crippen molar-refractivity contribution >= 4 is 17.5 Å². The molecule has 2 unspecified atom stereocenters. The topological polar surface area (TPSA) is 135 Å². The number of anilines is 2. The lowest BCUT2D eigenvalue weighted by molar-refractivity contribution is 0.0894. The highest BCUT2D eigenvalue weighted by atomic mass is 19.1. The van der Waals surface area contributed by atoms with Gasteiger partial charge in [0.15, 0.2) is 0 Å². The second-order valence-electron chi connectivity index (χ2n) is 10.3. The average Bonchev–Trinajstić information content (AvgIpc) is 3.48. The lowest BCUT2D eigenvalue weighted by Crippen LogP contribution is -2.29. The molecule has 2 atom stereocenters. The lowest BCUT2D eigenvalue weighted by atomic mass is 9.95. The van der Waals surface area contributed by atoms with Crippen LogP contribution in [0.3, 0.4) is 0 Å². The molecule has 3 heterocycles. The lowest BCUT2D eigenvalue weighted by Gasteiger charge is -2.19. The number of hydrogen-bond donors (Lipinski definition) is 3. The number of fused-ring (bicyclic) bond motifs is 1. The van der Waals surface area contributed by atoms with E-state index < -0.39 is 12.1 Å². The highest BCUT2D eigenvalue weighted by Crippen LogP contribution is 2.33. The van der Waals surface area contributed by atoms with Gasteiger partial charge in [-0.25, -0.2) is 14.4 Å². The monoisotopic (exact) mass is 504 g/mol. The molecule has 10 nitrogen and oxygen atoms in total. The Hall–Kier alpha value is -4.15. The molecule has 11 heteroatoms. The summed E-state index contributed by atoms with van der Waals surface area (Å²) in [4.78, 5) is 21.8. The van der Waals surface area contributed by atoms with E-state index >= 15 is 0 Å². The molecule has 0 aliphatic heterocycles. The number of aryl methyl sites for hydroxylation is 1. The van der Waals surface area contributed by atoms with Crippen LogP contribution in [0.4, 0.5) is 16.0 Å². The predicted molar refractivity (Wildman–Crippen MR) is 135 cm³/mol. The van der Waals surface area contributed by atoms with Crippen LogP contribution >= 0.6 is 0 Å². The van der Waals surface area contributed by atoms with Crippen LogP contribution in [-0.4, -0.2) is 42.4 Å². The number of nitrogens with one attached hydrogen (secondary N) is 3. The fourth-order valence-electron chi connectivity index (χ4n) is 4.29. The standard InChI is InChI=1S/C26H29FN8O2/c1-14-21(13-29-33-14)32-25-28-10-9-19(31-25)15-5-7-18-16(11-15)12-17(27)6-8-20(18)30-22(36)23-34-35-24(37-23)26(2,3)4/h5,7,9-11,13,17,20H,6,8,12H2,1-4H3,(H,29,33)(H,30,36)(H,28,31,32). The molecular weight excluding hydrogens is 475 g/mol. The van der Waals surface area contributed by atoms with Gasteiger partial charge in [-0.05, 0) is 43.0 Å². The zero-order chi connectivity index (χ0) is 26.2. The van der Waals surface area contributed by atoms with Crippen LogP contribution in [0.15, 0.2) is 41.1 Å². The van der Waals surface area contributed by atoms with E-state index in [1.165, 1.54) is 0 Å². The molecule has 0 bridgehead atoms. The maximum Gasteiger partial charge on any atom is 0.309 e. The minimum Gasteiger partial charge on any atom is -0.416 e. The van der Waals surface area contributed by atoms with Crippen LogP contribution in [0.2, 0.25) is 0 Å². The Kier molecular flexibility index (Phi) is 6.45. The first-order chi connectivity index (χ1) is 17.7. The Labute approximate surface area is 213 Å². The summed E-state index contributed by atoms with van der Waals surface area (Å²) in [5.74, 6) is 0.244. The second kappa shape index (κ2) is 9.72. The first-order valence-corrected chi connectivity index (χ1v) is 12.2. The van der Waals surface area contributed by atoms with Crippen molar-refractivity contribution in [2.75, 3.05) is 5.32 Å². The maximum absolute atomic E-state index is 14.7. The van der Waals surface area contributed by atoms with Gasteiger partial charge in [-0.1, -0.05) is 32.9 Å². The molecule has 3 aromatic heterocycles. The summed E-state index contributed by atoms with van der Waals surface area (Å²) in [6.45, 7) is 7.68. The number of rotatable bonds is 5. The highest BCUT2D eigenvalue weighted by Gasteiger charge is 2.29. The van der Waals surface area contributed by atoms with Crippen LogP contribution < -0.4 is 10.6 Å². The van der Waals surface area contributed by atoms with Gasteiger partial charge in [0.05, 0.1) is 29.3 Å². The quantitative estimate of drug-likeness (QED) is 0.332. The Balaban J connectivity index is 1.39. The molecule has 37 heavy (non-hydrogen) atoms. The molecule has 5 rings (SSSR count). The minimum atomic E-state index is -1.02. The number of halogens is 1. The molecule has 0 spiro atoms. The predicted octanol–water partition coefficient (Wildman–Crippen LogP) is 4.74. The third kappa shape index (κ3) is 5.35. The van der Waals surface area contributed by atoms with Crippen LogP contribution in [-0.2, 0) is 11.8 Å². The molecule has 0 saturated heterocycles. The van der Waals surface area contributed by atoms with Gasteiger partial charge in [-0.3, -0.25) is 9.89 Å². The van der Waals surface area contributed by atoms with E-state index in [1.807, 2.05) is 45.9 Å². The van der Waals surface area contributed by atoms with Gasteiger partial charge in [0.1, 0.15) is 6.17 Å². The van der Waals surface area contributed by atoms with Gasteiger partial charge in [0.2, 0.25) is 11.8 Å². The number of H-pyrrole nitrogens is 1. The van der Waals surface area contributed by atoms with Crippen molar-refractivity contribution in [3.63, 3.8) is 0 Å². The summed E-state index contributed by atoms with van der Waals surface area (Å²) in [5, 5.41) is 20.9. The maximum atomic E-state index is 14.7. The average molecular weight is 505 g/mol. The Bertz CT molecular complexity index is 1420. The molecule has 1 aliphatic carbocycles. The number of alkyl halides is 1. The van der Waals surface area contributed by atoms with Crippen molar-refractivity contribution in [3.05, 3.63) is 65.3 Å². The van der Waals surface area contributed by atoms with E-state index in [4.69, 9.17) is 4.42 Å². The van der Waals surface area contributed by atoms with Crippen molar-refractivity contribution in [2.24, 2.45) is 0 Å². The molecule has 0 fully saturated rings. The van der Waals surface area contributed by atoms with Gasteiger partial charge in [0.25, 0.3) is 0 Å². The molecule has 192 valence electrons. The summed E-state index contributed by atoms with van der Waals surface area (Å²) in [6.07, 6.45) is 3.38. The van der Waals surface area contributed by atoms with Gasteiger partial charge in [-0.2, -0.15) is 5.10 Å². The molecule has 4 aromatic rings. The number of carbonyl (C=O) groups excluding carboxylic acids is 1. The minimum absolute atomic E-state index is 0.0991. The highest BCUT2D eigenvalue weighted by molar-refractivity contribution is 5.89. The summed E-state index contributed by atoms with van der Waals surface area (Å²) >= 11 is 0. The van der Waals surface area contributed by atoms with Crippen LogP contribution in [0.25, 0.3) is 11.3 Å². The molecule has 1 aliphatic rings. The van der Waals surface area contributed by atoms with E-state index in [9.17, 15) is 9.18 Å². The van der Waals surface area contributed by atoms with Crippen LogP contribution in [0.5, 0.6) is 0 Å². The van der Waals surface area contributed by atoms with Crippen LogP contribution in [0, 0.1) is 6.92 Å². The molecular formula is C26H29FN8O2. The fraction of sp³-hybridized carbons (Fsp3) is 0.385. The van der Waals surface area contributed by atoms with Crippen molar-refractivity contribution in [3.8, 4) is 11.3 Å². The summed E-state index contributed by atoms with van der Waals surface area (Å²) < 4.78 is 20.3. The first kappa shape index (κ1) is 24.5. The number of amides is 1. The number of aromatic amines is 1. The number of hydrogen-bond acceptors (Lipinski definition) is 8. The second-order valence-corrected chi connectivity index (χ2v) is 10.3. The van der Waals surface area contributed by atoms with E-state index in [0.717, 1.165) is 28.1 Å². The number of carbonyl (C=O) groups is 1. The van der Waals surface area contributed by atoms with E-state index in [0.29, 0.717) is 30.4 Å². The molecule has 1 aromatic carbocycles. The van der Waals surface area contributed by atoms with Gasteiger partial charge in [0, 0.05) is 23.6 Å². The third-order valence-electron chi connectivity index (χ3n) is 6.32. The van der Waals surface area contributed by atoms with Crippen molar-refractivity contribution < 1.29 is 13.6 Å². The zero-order valence-corrected chi connectivity index (χ0v) is 21.2. The van der Waals surface area contributed by atoms with Gasteiger partial charge < -0.3 is 15.1 Å². The Morgan fingerprint density at radius 1 is 1.19 bits per heavy atom. The van der Waals surface area contributed by atoms with Crippen molar-refractivity contribution in [1.82, 2.24) is 35.7 Å². The molecule has 1 amide bonds. The third-order valence-corrected chi connectivity index (χ3v) is 6.32. The SMILES string of the molecule is Cc1[nH]ncc1Nc1nccc(-c2ccc3c(c2)CC(F)CCC3NC(=O)c2nnc(C(C)(C)C)o2)n1. The summed E-state index contributed by atoms with van der Waals surface area (Å²) in [5.41, 5.74) is 4.51. The Morgan fingerprint density at radius 3 is 2.76 bits per heavy atom. The number of nitrogens with zero attached hydrogens (tertiary/aromatic N) is 5. The van der Waals surface area contributed by atoms with Gasteiger partial charge >= 0.3 is 11.8 Å². The first-order valence-electron chi connectivity index (χ1n) is 12.2. The summed E-state index contributed by atoms with van der Waals surface area (Å²) in [7, 11) is 0. The Morgan fingerprint density at radius 2 is 2.03 bits per heavy atom. The molecule has 3 N–H and O–H groups in total. The molecule has 0 saturated carbocycles. The fourth-order valence-corrected chi connectivity index (χ4v) is 4.29. The van der Waals surface area contributed by atoms with E-state index in [1.54, 1.807) is 18.5 Å². The van der Waals surface area contributed by atoms with Gasteiger partial charge in [-0.15, -0.1) is 10.2 Å².